The van der Waals surface area contributed by atoms with E-state index in [9.17, 15) is 4.79 Å². The molecular weight excluding hydrogens is 419 g/mol. The number of amides is 1. The number of aromatic nitrogens is 3. The summed E-state index contributed by atoms with van der Waals surface area (Å²) in [4.78, 5) is 12.1. The number of aryl methyl sites for hydroxylation is 1. The van der Waals surface area contributed by atoms with Crippen molar-refractivity contribution in [3.63, 3.8) is 0 Å². The Labute approximate surface area is 177 Å². The van der Waals surface area contributed by atoms with Crippen LogP contribution < -0.4 is 10.1 Å². The molecule has 0 bridgehead atoms. The Hall–Kier alpha value is -2.22. The fourth-order valence-corrected chi connectivity index (χ4v) is 3.29. The Bertz CT molecular complexity index is 977. The third-order valence-electron chi connectivity index (χ3n) is 3.88. The molecule has 0 spiro atoms. The van der Waals surface area contributed by atoms with Gasteiger partial charge in [0.15, 0.2) is 11.0 Å². The van der Waals surface area contributed by atoms with Gasteiger partial charge >= 0.3 is 0 Å². The van der Waals surface area contributed by atoms with Crippen LogP contribution in [0.4, 0.5) is 5.69 Å². The first-order valence-corrected chi connectivity index (χ1v) is 10.1. The third kappa shape index (κ3) is 5.41. The van der Waals surface area contributed by atoms with Crippen LogP contribution in [0.25, 0.3) is 0 Å². The first kappa shape index (κ1) is 20.5. The van der Waals surface area contributed by atoms with Crippen LogP contribution in [0.2, 0.25) is 10.0 Å². The van der Waals surface area contributed by atoms with Crippen molar-refractivity contribution in [3.05, 3.63) is 63.9 Å². The number of hydrogen-bond acceptors (Lipinski definition) is 5. The maximum absolute atomic E-state index is 12.1. The lowest BCUT2D eigenvalue weighted by molar-refractivity contribution is -0.113. The highest BCUT2D eigenvalue weighted by Crippen LogP contribution is 2.22. The Kier molecular flexibility index (Phi) is 6.83. The zero-order chi connectivity index (χ0) is 20.1. The van der Waals surface area contributed by atoms with Crippen molar-refractivity contribution in [1.29, 1.82) is 0 Å². The molecule has 1 amide bonds. The SMILES string of the molecule is Cc1cc(OCc2nnc(SCC(=O)Nc3ccc(Cl)cc3)n2C)ccc1Cl. The fraction of sp³-hybridized carbons (Fsp3) is 0.211. The summed E-state index contributed by atoms with van der Waals surface area (Å²) in [5.41, 5.74) is 1.64. The number of nitrogens with zero attached hydrogens (tertiary/aromatic N) is 3. The van der Waals surface area contributed by atoms with Crippen LogP contribution in [0.5, 0.6) is 5.75 Å². The molecule has 1 N–H and O–H groups in total. The van der Waals surface area contributed by atoms with Crippen molar-refractivity contribution in [2.45, 2.75) is 18.7 Å². The molecule has 0 aliphatic carbocycles. The number of nitrogens with one attached hydrogen (secondary N) is 1. The number of thioether (sulfide) groups is 1. The molecule has 9 heteroatoms. The van der Waals surface area contributed by atoms with E-state index in [1.165, 1.54) is 11.8 Å². The number of carbonyl (C=O) groups is 1. The van der Waals surface area contributed by atoms with Gasteiger partial charge in [-0.15, -0.1) is 10.2 Å². The number of rotatable bonds is 7. The van der Waals surface area contributed by atoms with Crippen molar-refractivity contribution >= 4 is 46.6 Å². The quantitative estimate of drug-likeness (QED) is 0.541. The lowest BCUT2D eigenvalue weighted by Gasteiger charge is -2.08. The summed E-state index contributed by atoms with van der Waals surface area (Å²) in [7, 11) is 1.84. The molecule has 0 saturated heterocycles. The lowest BCUT2D eigenvalue weighted by atomic mass is 10.2. The largest absolute Gasteiger partial charge is 0.486 e. The molecule has 6 nitrogen and oxygen atoms in total. The number of ether oxygens (including phenoxy) is 1. The summed E-state index contributed by atoms with van der Waals surface area (Å²) in [6.07, 6.45) is 0. The zero-order valence-electron chi connectivity index (χ0n) is 15.3. The molecule has 0 unspecified atom stereocenters. The normalized spacial score (nSPS) is 10.7. The second-order valence-electron chi connectivity index (χ2n) is 6.00. The molecular formula is C19H18Cl2N4O2S. The van der Waals surface area contributed by atoms with E-state index in [0.717, 1.165) is 5.56 Å². The molecule has 0 aliphatic rings. The van der Waals surface area contributed by atoms with Gasteiger partial charge in [0.2, 0.25) is 5.91 Å². The van der Waals surface area contributed by atoms with Crippen LogP contribution in [-0.4, -0.2) is 26.4 Å². The molecule has 3 rings (SSSR count). The molecule has 0 aliphatic heterocycles. The molecule has 2 aromatic carbocycles. The van der Waals surface area contributed by atoms with Gasteiger partial charge < -0.3 is 14.6 Å². The Morgan fingerprint density at radius 3 is 2.64 bits per heavy atom. The van der Waals surface area contributed by atoms with Crippen LogP contribution >= 0.6 is 35.0 Å². The van der Waals surface area contributed by atoms with E-state index < -0.39 is 0 Å². The molecule has 1 aromatic heterocycles. The second-order valence-corrected chi connectivity index (χ2v) is 7.79. The molecule has 28 heavy (non-hydrogen) atoms. The first-order chi connectivity index (χ1) is 13.4. The summed E-state index contributed by atoms with van der Waals surface area (Å²) in [6, 6.07) is 12.4. The van der Waals surface area contributed by atoms with E-state index in [4.69, 9.17) is 27.9 Å². The third-order valence-corrected chi connectivity index (χ3v) is 5.58. The monoisotopic (exact) mass is 436 g/mol. The van der Waals surface area contributed by atoms with Gasteiger partial charge in [0.05, 0.1) is 5.75 Å². The Morgan fingerprint density at radius 1 is 1.18 bits per heavy atom. The van der Waals surface area contributed by atoms with Crippen molar-refractivity contribution in [3.8, 4) is 5.75 Å². The number of anilines is 1. The molecule has 3 aromatic rings. The van der Waals surface area contributed by atoms with E-state index in [0.29, 0.717) is 32.5 Å². The standard InChI is InChI=1S/C19H18Cl2N4O2S/c1-12-9-15(7-8-16(12)21)27-10-17-23-24-19(25(17)2)28-11-18(26)22-14-5-3-13(20)4-6-14/h3-9H,10-11H2,1-2H3,(H,22,26). The second kappa shape index (κ2) is 9.32. The molecule has 0 radical (unpaired) electrons. The van der Waals surface area contributed by atoms with Crippen LogP contribution in [0.1, 0.15) is 11.4 Å². The van der Waals surface area contributed by atoms with Crippen LogP contribution in [0.3, 0.4) is 0 Å². The van der Waals surface area contributed by atoms with E-state index in [2.05, 4.69) is 15.5 Å². The van der Waals surface area contributed by atoms with Gasteiger partial charge in [-0.05, 0) is 55.0 Å². The van der Waals surface area contributed by atoms with Crippen molar-refractivity contribution in [2.75, 3.05) is 11.1 Å². The van der Waals surface area contributed by atoms with Crippen LogP contribution in [-0.2, 0) is 18.4 Å². The van der Waals surface area contributed by atoms with E-state index in [-0.39, 0.29) is 18.3 Å². The minimum atomic E-state index is -0.134. The van der Waals surface area contributed by atoms with Crippen molar-refractivity contribution in [1.82, 2.24) is 14.8 Å². The molecule has 0 atom stereocenters. The van der Waals surface area contributed by atoms with Crippen molar-refractivity contribution < 1.29 is 9.53 Å². The van der Waals surface area contributed by atoms with Gasteiger partial charge in [-0.1, -0.05) is 35.0 Å². The minimum Gasteiger partial charge on any atom is -0.486 e. The molecule has 146 valence electrons. The highest BCUT2D eigenvalue weighted by Gasteiger charge is 2.12. The maximum atomic E-state index is 12.1. The predicted octanol–water partition coefficient (Wildman–Crippen LogP) is 4.74. The van der Waals surface area contributed by atoms with Gasteiger partial charge in [0.1, 0.15) is 12.4 Å². The summed E-state index contributed by atoms with van der Waals surface area (Å²) in [5, 5.41) is 13.0. The van der Waals surface area contributed by atoms with Gasteiger partial charge in [-0.25, -0.2) is 0 Å². The van der Waals surface area contributed by atoms with E-state index in [1.807, 2.05) is 30.7 Å². The molecule has 1 heterocycles. The van der Waals surface area contributed by atoms with E-state index in [1.54, 1.807) is 30.3 Å². The smallest absolute Gasteiger partial charge is 0.234 e. The highest BCUT2D eigenvalue weighted by molar-refractivity contribution is 7.99. The zero-order valence-corrected chi connectivity index (χ0v) is 17.6. The summed E-state index contributed by atoms with van der Waals surface area (Å²) in [6.45, 7) is 2.18. The number of benzene rings is 2. The minimum absolute atomic E-state index is 0.134. The summed E-state index contributed by atoms with van der Waals surface area (Å²) < 4.78 is 7.56. The fourth-order valence-electron chi connectivity index (χ4n) is 2.31. The topological polar surface area (TPSA) is 69.0 Å². The molecule has 0 fully saturated rings. The van der Waals surface area contributed by atoms with Crippen LogP contribution in [0.15, 0.2) is 47.6 Å². The van der Waals surface area contributed by atoms with Crippen molar-refractivity contribution in [2.24, 2.45) is 7.05 Å². The average Bonchev–Trinajstić information content (AvgIpc) is 3.03. The average molecular weight is 437 g/mol. The van der Waals surface area contributed by atoms with Gasteiger partial charge in [-0.3, -0.25) is 4.79 Å². The van der Waals surface area contributed by atoms with Gasteiger partial charge in [0.25, 0.3) is 0 Å². The highest BCUT2D eigenvalue weighted by atomic mass is 35.5. The Balaban J connectivity index is 1.53. The molecule has 0 saturated carbocycles. The van der Waals surface area contributed by atoms with E-state index >= 15 is 0 Å². The van der Waals surface area contributed by atoms with Gasteiger partial charge in [-0.2, -0.15) is 0 Å². The summed E-state index contributed by atoms with van der Waals surface area (Å²) in [5.74, 6) is 1.45. The summed E-state index contributed by atoms with van der Waals surface area (Å²) >= 11 is 13.2. The predicted molar refractivity (Wildman–Crippen MR) is 112 cm³/mol. The number of carbonyl (C=O) groups excluding carboxylic acids is 1. The number of halogens is 2. The van der Waals surface area contributed by atoms with Gasteiger partial charge in [0, 0.05) is 22.8 Å². The first-order valence-electron chi connectivity index (χ1n) is 8.38. The Morgan fingerprint density at radius 2 is 1.93 bits per heavy atom. The maximum Gasteiger partial charge on any atom is 0.234 e. The van der Waals surface area contributed by atoms with Crippen LogP contribution in [0, 0.1) is 6.92 Å². The lowest BCUT2D eigenvalue weighted by Crippen LogP contribution is -2.14. The number of hydrogen-bond donors (Lipinski definition) is 1.